The van der Waals surface area contributed by atoms with E-state index in [0.717, 1.165) is 17.0 Å². The molecule has 0 amide bonds. The molecule has 1 rings (SSSR count). The average molecular weight is 241 g/mol. The van der Waals surface area contributed by atoms with Crippen molar-refractivity contribution in [1.29, 1.82) is 0 Å². The van der Waals surface area contributed by atoms with Gasteiger partial charge in [-0.1, -0.05) is 11.8 Å². The summed E-state index contributed by atoms with van der Waals surface area (Å²) >= 11 is 1.27. The van der Waals surface area contributed by atoms with Crippen molar-refractivity contribution in [1.82, 2.24) is 9.97 Å². The molecule has 6 heteroatoms. The zero-order valence-electron chi connectivity index (χ0n) is 9.52. The normalized spacial score (nSPS) is 12.5. The van der Waals surface area contributed by atoms with Crippen LogP contribution in [-0.2, 0) is 4.79 Å². The summed E-state index contributed by atoms with van der Waals surface area (Å²) in [5.41, 5.74) is 8.29. The van der Waals surface area contributed by atoms with Crippen LogP contribution >= 0.6 is 11.8 Å². The number of aliphatic carboxylic acids is 1. The molecule has 3 N–H and O–H groups in total. The minimum Gasteiger partial charge on any atom is -0.480 e. The Balaban J connectivity index is 2.72. The van der Waals surface area contributed by atoms with Crippen LogP contribution in [0.2, 0.25) is 0 Å². The topological polar surface area (TPSA) is 89.1 Å². The third kappa shape index (κ3) is 3.18. The van der Waals surface area contributed by atoms with Crippen LogP contribution < -0.4 is 5.73 Å². The lowest BCUT2D eigenvalue weighted by molar-refractivity contribution is -0.137. The summed E-state index contributed by atoms with van der Waals surface area (Å²) in [6.45, 7) is 5.78. The number of hydrogen-bond donors (Lipinski definition) is 2. The van der Waals surface area contributed by atoms with E-state index in [9.17, 15) is 4.79 Å². The Kier molecular flexibility index (Phi) is 4.26. The molecule has 0 aromatic carbocycles. The third-order valence-electron chi connectivity index (χ3n) is 2.32. The minimum atomic E-state index is -1.01. The van der Waals surface area contributed by atoms with Gasteiger partial charge >= 0.3 is 5.97 Å². The maximum Gasteiger partial charge on any atom is 0.321 e. The van der Waals surface area contributed by atoms with Gasteiger partial charge in [-0.3, -0.25) is 4.79 Å². The van der Waals surface area contributed by atoms with E-state index in [1.54, 1.807) is 0 Å². The molecule has 0 bridgehead atoms. The van der Waals surface area contributed by atoms with Crippen molar-refractivity contribution in [3.63, 3.8) is 0 Å². The van der Waals surface area contributed by atoms with E-state index in [-0.39, 0.29) is 5.75 Å². The molecule has 0 fully saturated rings. The smallest absolute Gasteiger partial charge is 0.321 e. The molecule has 1 unspecified atom stereocenters. The molecule has 1 aromatic rings. The highest BCUT2D eigenvalue weighted by molar-refractivity contribution is 7.99. The van der Waals surface area contributed by atoms with Crippen LogP contribution in [0.4, 0.5) is 0 Å². The fourth-order valence-electron chi connectivity index (χ4n) is 1.04. The van der Waals surface area contributed by atoms with Crippen LogP contribution in [0, 0.1) is 20.8 Å². The Morgan fingerprint density at radius 1 is 1.38 bits per heavy atom. The quantitative estimate of drug-likeness (QED) is 0.601. The maximum absolute atomic E-state index is 10.5. The summed E-state index contributed by atoms with van der Waals surface area (Å²) in [7, 11) is 0. The zero-order valence-corrected chi connectivity index (χ0v) is 10.3. The number of thioether (sulfide) groups is 1. The van der Waals surface area contributed by atoms with E-state index in [0.29, 0.717) is 5.16 Å². The second-order valence-corrected chi connectivity index (χ2v) is 4.54. The monoisotopic (exact) mass is 241 g/mol. The van der Waals surface area contributed by atoms with Gasteiger partial charge < -0.3 is 10.8 Å². The fourth-order valence-corrected chi connectivity index (χ4v) is 1.92. The molecule has 0 aliphatic rings. The van der Waals surface area contributed by atoms with Gasteiger partial charge in [-0.25, -0.2) is 9.97 Å². The van der Waals surface area contributed by atoms with Crippen LogP contribution in [0.15, 0.2) is 5.16 Å². The molecule has 0 aliphatic heterocycles. The minimum absolute atomic E-state index is 0.275. The second-order valence-electron chi connectivity index (χ2n) is 3.56. The van der Waals surface area contributed by atoms with Gasteiger partial charge in [0.25, 0.3) is 0 Å². The number of rotatable bonds is 4. The van der Waals surface area contributed by atoms with Crippen molar-refractivity contribution in [2.24, 2.45) is 5.73 Å². The van der Waals surface area contributed by atoms with Gasteiger partial charge in [-0.2, -0.15) is 0 Å². The summed E-state index contributed by atoms with van der Waals surface area (Å²) in [5.74, 6) is -0.731. The average Bonchev–Trinajstić information content (AvgIpc) is 2.22. The lowest BCUT2D eigenvalue weighted by Crippen LogP contribution is -2.32. The molecule has 0 radical (unpaired) electrons. The Morgan fingerprint density at radius 2 is 1.88 bits per heavy atom. The Labute approximate surface area is 98.5 Å². The molecule has 1 heterocycles. The van der Waals surface area contributed by atoms with Crippen molar-refractivity contribution >= 4 is 17.7 Å². The lowest BCUT2D eigenvalue weighted by atomic mass is 10.2. The number of nitrogens with zero attached hydrogens (tertiary/aromatic N) is 2. The second kappa shape index (κ2) is 5.27. The Hall–Kier alpha value is -1.14. The predicted molar refractivity (Wildman–Crippen MR) is 62.6 cm³/mol. The van der Waals surface area contributed by atoms with Gasteiger partial charge in [0.15, 0.2) is 5.16 Å². The first-order valence-electron chi connectivity index (χ1n) is 4.85. The summed E-state index contributed by atoms with van der Waals surface area (Å²) < 4.78 is 0. The summed E-state index contributed by atoms with van der Waals surface area (Å²) in [5, 5.41) is 9.21. The Bertz CT molecular complexity index is 386. The first kappa shape index (κ1) is 12.9. The summed E-state index contributed by atoms with van der Waals surface area (Å²) in [6.07, 6.45) is 0. The largest absolute Gasteiger partial charge is 0.480 e. The first-order valence-corrected chi connectivity index (χ1v) is 5.83. The SMILES string of the molecule is Cc1nc(SCC(N)C(=O)O)nc(C)c1C. The molecule has 0 spiro atoms. The van der Waals surface area contributed by atoms with E-state index >= 15 is 0 Å². The van der Waals surface area contributed by atoms with Gasteiger partial charge in [-0.15, -0.1) is 0 Å². The first-order chi connectivity index (χ1) is 7.41. The van der Waals surface area contributed by atoms with E-state index < -0.39 is 12.0 Å². The summed E-state index contributed by atoms with van der Waals surface area (Å²) in [6, 6.07) is -0.879. The van der Waals surface area contributed by atoms with Crippen LogP contribution in [0.3, 0.4) is 0 Å². The third-order valence-corrected chi connectivity index (χ3v) is 3.29. The molecule has 0 saturated carbocycles. The van der Waals surface area contributed by atoms with Gasteiger partial charge in [0.1, 0.15) is 6.04 Å². The fraction of sp³-hybridized carbons (Fsp3) is 0.500. The van der Waals surface area contributed by atoms with Crippen molar-refractivity contribution in [3.8, 4) is 0 Å². The van der Waals surface area contributed by atoms with Gasteiger partial charge in [-0.05, 0) is 26.3 Å². The standard InChI is InChI=1S/C10H15N3O2S/c1-5-6(2)12-10(13-7(5)3)16-4-8(11)9(14)15/h8H,4,11H2,1-3H3,(H,14,15). The molecular weight excluding hydrogens is 226 g/mol. The molecule has 0 aliphatic carbocycles. The predicted octanol–water partition coefficient (Wildman–Crippen LogP) is 0.906. The number of aromatic nitrogens is 2. The van der Waals surface area contributed by atoms with Gasteiger partial charge in [0.2, 0.25) is 0 Å². The molecule has 1 aromatic heterocycles. The number of nitrogens with two attached hydrogens (primary N) is 1. The van der Waals surface area contributed by atoms with Crippen LogP contribution in [0.25, 0.3) is 0 Å². The molecular formula is C10H15N3O2S. The molecule has 88 valence electrons. The van der Waals surface area contributed by atoms with E-state index in [4.69, 9.17) is 10.8 Å². The Morgan fingerprint density at radius 3 is 2.31 bits per heavy atom. The molecule has 0 saturated heterocycles. The van der Waals surface area contributed by atoms with E-state index in [1.807, 2.05) is 20.8 Å². The van der Waals surface area contributed by atoms with E-state index in [2.05, 4.69) is 9.97 Å². The van der Waals surface area contributed by atoms with E-state index in [1.165, 1.54) is 11.8 Å². The van der Waals surface area contributed by atoms with Crippen LogP contribution in [0.5, 0.6) is 0 Å². The van der Waals surface area contributed by atoms with Crippen LogP contribution in [0.1, 0.15) is 17.0 Å². The number of carboxylic acids is 1. The van der Waals surface area contributed by atoms with Gasteiger partial charge in [0, 0.05) is 17.1 Å². The highest BCUT2D eigenvalue weighted by atomic mass is 32.2. The zero-order chi connectivity index (χ0) is 12.3. The molecule has 5 nitrogen and oxygen atoms in total. The molecule has 16 heavy (non-hydrogen) atoms. The van der Waals surface area contributed by atoms with Gasteiger partial charge in [0.05, 0.1) is 0 Å². The number of hydrogen-bond acceptors (Lipinski definition) is 5. The van der Waals surface area contributed by atoms with Crippen LogP contribution in [-0.4, -0.2) is 32.8 Å². The van der Waals surface area contributed by atoms with Crippen molar-refractivity contribution in [3.05, 3.63) is 17.0 Å². The number of aryl methyl sites for hydroxylation is 2. The number of carbonyl (C=O) groups is 1. The summed E-state index contributed by atoms with van der Waals surface area (Å²) in [4.78, 5) is 19.1. The van der Waals surface area contributed by atoms with Crippen molar-refractivity contribution in [2.45, 2.75) is 32.0 Å². The highest BCUT2D eigenvalue weighted by Crippen LogP contribution is 2.17. The number of carboxylic acid groups (broad SMARTS) is 1. The molecule has 1 atom stereocenters. The highest BCUT2D eigenvalue weighted by Gasteiger charge is 2.13. The lowest BCUT2D eigenvalue weighted by Gasteiger charge is -2.08. The van der Waals surface area contributed by atoms with Crippen molar-refractivity contribution in [2.75, 3.05) is 5.75 Å². The van der Waals surface area contributed by atoms with Crippen molar-refractivity contribution < 1.29 is 9.90 Å². The maximum atomic E-state index is 10.5.